The van der Waals surface area contributed by atoms with Gasteiger partial charge in [0.05, 0.1) is 12.5 Å². The van der Waals surface area contributed by atoms with Crippen molar-refractivity contribution in [3.05, 3.63) is 32.7 Å². The number of oxazole rings is 1. The van der Waals surface area contributed by atoms with Gasteiger partial charge in [-0.05, 0) is 34.4 Å². The monoisotopic (exact) mass is 321 g/mol. The van der Waals surface area contributed by atoms with Crippen LogP contribution in [0.1, 0.15) is 0 Å². The topological polar surface area (TPSA) is 71.8 Å². The third-order valence-corrected chi connectivity index (χ3v) is 3.60. The van der Waals surface area contributed by atoms with Gasteiger partial charge in [-0.3, -0.25) is 4.79 Å². The molecule has 0 aliphatic rings. The highest BCUT2D eigenvalue weighted by Crippen LogP contribution is 2.25. The van der Waals surface area contributed by atoms with Gasteiger partial charge < -0.3 is 9.40 Å². The maximum absolute atomic E-state index is 11.2. The van der Waals surface area contributed by atoms with Crippen molar-refractivity contribution in [1.29, 1.82) is 0 Å². The number of aromatic amines is 1. The van der Waals surface area contributed by atoms with Crippen molar-refractivity contribution in [2.45, 2.75) is 10.2 Å². The molecule has 0 bridgehead atoms. The molecule has 0 saturated carbocycles. The molecule has 2 aromatic heterocycles. The van der Waals surface area contributed by atoms with E-state index in [0.717, 1.165) is 0 Å². The number of H-pyrrole nitrogens is 1. The molecule has 0 atom stereocenters. The number of halogens is 1. The quantitative estimate of drug-likeness (QED) is 0.671. The number of aromatic nitrogens is 3. The van der Waals surface area contributed by atoms with E-state index in [4.69, 9.17) is 4.42 Å². The molecule has 5 nitrogen and oxygen atoms in total. The largest absolute Gasteiger partial charge is 0.440 e. The summed E-state index contributed by atoms with van der Waals surface area (Å²) in [7, 11) is 0. The molecule has 1 N–H and O–H groups in total. The second-order valence-electron chi connectivity index (χ2n) is 2.25. The van der Waals surface area contributed by atoms with Crippen LogP contribution in [0.4, 0.5) is 0 Å². The predicted molar refractivity (Wildman–Crippen MR) is 58.2 cm³/mol. The molecule has 7 heteroatoms. The minimum absolute atomic E-state index is 0.158. The standard InChI is InChI=1S/C7H4IN3O2S/c8-4-5(12)10-3-11-6(4)14-7-9-1-2-13-7/h1-3H,(H,10,11,12). The van der Waals surface area contributed by atoms with Gasteiger partial charge in [-0.25, -0.2) is 9.97 Å². The van der Waals surface area contributed by atoms with Gasteiger partial charge in [-0.1, -0.05) is 0 Å². The van der Waals surface area contributed by atoms with Gasteiger partial charge in [0.25, 0.3) is 10.8 Å². The summed E-state index contributed by atoms with van der Waals surface area (Å²) in [5.41, 5.74) is -0.158. The maximum Gasteiger partial charge on any atom is 0.265 e. The van der Waals surface area contributed by atoms with Crippen LogP contribution in [0.25, 0.3) is 0 Å². The molecule has 0 aliphatic heterocycles. The van der Waals surface area contributed by atoms with E-state index in [-0.39, 0.29) is 5.56 Å². The Hall–Kier alpha value is -0.830. The zero-order chi connectivity index (χ0) is 9.97. The van der Waals surface area contributed by atoms with E-state index in [1.807, 2.05) is 22.6 Å². The summed E-state index contributed by atoms with van der Waals surface area (Å²) in [6, 6.07) is 0. The van der Waals surface area contributed by atoms with E-state index in [9.17, 15) is 4.79 Å². The second-order valence-corrected chi connectivity index (χ2v) is 4.27. The van der Waals surface area contributed by atoms with Crippen LogP contribution in [-0.4, -0.2) is 15.0 Å². The Kier molecular flexibility index (Phi) is 2.87. The average Bonchev–Trinajstić information content (AvgIpc) is 2.66. The van der Waals surface area contributed by atoms with E-state index in [0.29, 0.717) is 13.8 Å². The summed E-state index contributed by atoms with van der Waals surface area (Å²) in [5.74, 6) is 0. The molecule has 0 unspecified atom stereocenters. The highest BCUT2D eigenvalue weighted by molar-refractivity contribution is 14.1. The summed E-state index contributed by atoms with van der Waals surface area (Å²) < 4.78 is 5.56. The molecule has 0 radical (unpaired) electrons. The summed E-state index contributed by atoms with van der Waals surface area (Å²) in [4.78, 5) is 21.6. The third kappa shape index (κ3) is 1.98. The zero-order valence-electron chi connectivity index (χ0n) is 6.73. The highest BCUT2D eigenvalue weighted by atomic mass is 127. The fourth-order valence-corrected chi connectivity index (χ4v) is 2.08. The molecule has 0 aliphatic carbocycles. The van der Waals surface area contributed by atoms with Crippen LogP contribution < -0.4 is 5.56 Å². The summed E-state index contributed by atoms with van der Waals surface area (Å²) >= 11 is 3.15. The van der Waals surface area contributed by atoms with Crippen LogP contribution in [0.3, 0.4) is 0 Å². The lowest BCUT2D eigenvalue weighted by Gasteiger charge is -1.96. The lowest BCUT2D eigenvalue weighted by Crippen LogP contribution is -2.10. The molecular formula is C7H4IN3O2S. The number of nitrogens with one attached hydrogen (secondary N) is 1. The smallest absolute Gasteiger partial charge is 0.265 e. The predicted octanol–water partition coefficient (Wildman–Crippen LogP) is 1.51. The normalized spacial score (nSPS) is 10.4. The fourth-order valence-electron chi connectivity index (χ4n) is 0.781. The van der Waals surface area contributed by atoms with E-state index in [2.05, 4.69) is 15.0 Å². The van der Waals surface area contributed by atoms with Gasteiger partial charge in [-0.2, -0.15) is 0 Å². The molecule has 2 aromatic rings. The Morgan fingerprint density at radius 3 is 3.07 bits per heavy atom. The third-order valence-electron chi connectivity index (χ3n) is 1.36. The van der Waals surface area contributed by atoms with E-state index >= 15 is 0 Å². The molecule has 0 fully saturated rings. The Morgan fingerprint density at radius 2 is 2.36 bits per heavy atom. The molecule has 2 rings (SSSR count). The van der Waals surface area contributed by atoms with Gasteiger partial charge in [0.15, 0.2) is 0 Å². The fraction of sp³-hybridized carbons (Fsp3) is 0. The minimum Gasteiger partial charge on any atom is -0.440 e. The first-order valence-corrected chi connectivity index (χ1v) is 5.47. The summed E-state index contributed by atoms with van der Waals surface area (Å²) in [5, 5.41) is 1.07. The summed E-state index contributed by atoms with van der Waals surface area (Å²) in [6.45, 7) is 0. The van der Waals surface area contributed by atoms with Crippen molar-refractivity contribution in [3.63, 3.8) is 0 Å². The first-order valence-electron chi connectivity index (χ1n) is 3.58. The van der Waals surface area contributed by atoms with Crippen molar-refractivity contribution in [3.8, 4) is 0 Å². The summed E-state index contributed by atoms with van der Waals surface area (Å²) in [6.07, 6.45) is 4.38. The highest BCUT2D eigenvalue weighted by Gasteiger charge is 2.09. The molecule has 0 spiro atoms. The Morgan fingerprint density at radius 1 is 1.50 bits per heavy atom. The van der Waals surface area contributed by atoms with E-state index < -0.39 is 0 Å². The molecule has 2 heterocycles. The minimum atomic E-state index is -0.158. The van der Waals surface area contributed by atoms with Gasteiger partial charge >= 0.3 is 0 Å². The molecule has 0 aromatic carbocycles. The molecular weight excluding hydrogens is 317 g/mol. The van der Waals surface area contributed by atoms with Crippen molar-refractivity contribution >= 4 is 34.4 Å². The number of hydrogen-bond acceptors (Lipinski definition) is 5. The van der Waals surface area contributed by atoms with Crippen molar-refractivity contribution in [2.75, 3.05) is 0 Å². The number of nitrogens with zero attached hydrogens (tertiary/aromatic N) is 2. The van der Waals surface area contributed by atoms with Crippen molar-refractivity contribution in [2.24, 2.45) is 0 Å². The first-order chi connectivity index (χ1) is 6.77. The zero-order valence-corrected chi connectivity index (χ0v) is 9.70. The van der Waals surface area contributed by atoms with Crippen LogP contribution in [0.15, 0.2) is 38.2 Å². The van der Waals surface area contributed by atoms with Crippen molar-refractivity contribution < 1.29 is 4.42 Å². The molecule has 0 amide bonds. The second kappa shape index (κ2) is 4.13. The van der Waals surface area contributed by atoms with Crippen LogP contribution in [0.5, 0.6) is 0 Å². The van der Waals surface area contributed by atoms with Crippen LogP contribution in [0.2, 0.25) is 0 Å². The van der Waals surface area contributed by atoms with Gasteiger partial charge in [0, 0.05) is 0 Å². The van der Waals surface area contributed by atoms with E-state index in [1.54, 1.807) is 6.20 Å². The van der Waals surface area contributed by atoms with Crippen LogP contribution in [0, 0.1) is 3.57 Å². The first kappa shape index (κ1) is 9.71. The van der Waals surface area contributed by atoms with Crippen LogP contribution >= 0.6 is 34.4 Å². The Balaban J connectivity index is 2.34. The molecule has 0 saturated heterocycles. The Labute approximate surface area is 96.5 Å². The number of hydrogen-bond donors (Lipinski definition) is 1. The van der Waals surface area contributed by atoms with Crippen molar-refractivity contribution in [1.82, 2.24) is 15.0 Å². The molecule has 14 heavy (non-hydrogen) atoms. The average molecular weight is 321 g/mol. The lowest BCUT2D eigenvalue weighted by atomic mass is 10.7. The maximum atomic E-state index is 11.2. The van der Waals surface area contributed by atoms with Gasteiger partial charge in [0.1, 0.15) is 14.9 Å². The number of rotatable bonds is 2. The molecule has 72 valence electrons. The van der Waals surface area contributed by atoms with E-state index in [1.165, 1.54) is 24.4 Å². The van der Waals surface area contributed by atoms with Crippen LogP contribution in [-0.2, 0) is 0 Å². The Bertz CT molecular complexity index is 482. The SMILES string of the molecule is O=c1[nH]cnc(Sc2ncco2)c1I. The van der Waals surface area contributed by atoms with Gasteiger partial charge in [0.2, 0.25) is 0 Å². The van der Waals surface area contributed by atoms with Gasteiger partial charge in [-0.15, -0.1) is 0 Å². The lowest BCUT2D eigenvalue weighted by molar-refractivity contribution is 0.454.